The van der Waals surface area contributed by atoms with Crippen LogP contribution in [0.25, 0.3) is 76.5 Å². The molecule has 8 aromatic rings. The fourth-order valence-corrected chi connectivity index (χ4v) is 7.01. The summed E-state index contributed by atoms with van der Waals surface area (Å²) in [5, 5.41) is 10.4. The first kappa shape index (κ1) is 22.5. The summed E-state index contributed by atoms with van der Waals surface area (Å²) in [5.41, 5.74) is 7.49. The van der Waals surface area contributed by atoms with Crippen LogP contribution in [-0.4, -0.2) is 0 Å². The molecule has 0 aliphatic heterocycles. The van der Waals surface area contributed by atoms with Gasteiger partial charge in [0.2, 0.25) is 0 Å². The van der Waals surface area contributed by atoms with Crippen molar-refractivity contribution in [1.29, 1.82) is 0 Å². The van der Waals surface area contributed by atoms with Crippen LogP contribution in [0.15, 0.2) is 144 Å². The standard InChI is InChI=1S/C38H23Br/c39-33-23-27-17-10-18-32-34(27)38-31(33)22-21-30(26-15-8-3-9-16-26)37(38)36-29(25-13-6-2-7-14-25)20-19-28(35(32)36)24-11-4-1-5-12-24/h1-23H. The van der Waals surface area contributed by atoms with Gasteiger partial charge in [-0.3, -0.25) is 0 Å². The van der Waals surface area contributed by atoms with Gasteiger partial charge < -0.3 is 0 Å². The first-order chi connectivity index (χ1) is 19.3. The molecule has 8 aromatic carbocycles. The molecular formula is C38H23Br. The van der Waals surface area contributed by atoms with Crippen LogP contribution in [-0.2, 0) is 0 Å². The van der Waals surface area contributed by atoms with Crippen LogP contribution in [0.1, 0.15) is 0 Å². The van der Waals surface area contributed by atoms with Crippen LogP contribution in [0.3, 0.4) is 0 Å². The minimum Gasteiger partial charge on any atom is -0.0622 e. The van der Waals surface area contributed by atoms with Gasteiger partial charge in [-0.25, -0.2) is 0 Å². The van der Waals surface area contributed by atoms with Crippen LogP contribution >= 0.6 is 15.9 Å². The van der Waals surface area contributed by atoms with Gasteiger partial charge in [0, 0.05) is 4.47 Å². The largest absolute Gasteiger partial charge is 0.0622 e. The Bertz CT molecular complexity index is 2140. The molecular weight excluding hydrogens is 536 g/mol. The van der Waals surface area contributed by atoms with Gasteiger partial charge in [-0.05, 0) is 82.5 Å². The quantitative estimate of drug-likeness (QED) is 0.149. The zero-order valence-electron chi connectivity index (χ0n) is 21.2. The molecule has 0 atom stereocenters. The number of rotatable bonds is 3. The lowest BCUT2D eigenvalue weighted by molar-refractivity contribution is 1.63. The van der Waals surface area contributed by atoms with E-state index in [9.17, 15) is 0 Å². The summed E-state index contributed by atoms with van der Waals surface area (Å²) in [5.74, 6) is 0. The van der Waals surface area contributed by atoms with Crippen molar-refractivity contribution in [3.8, 4) is 33.4 Å². The molecule has 0 saturated carbocycles. The molecule has 0 nitrogen and oxygen atoms in total. The lowest BCUT2D eigenvalue weighted by atomic mass is 9.81. The molecule has 0 spiro atoms. The molecule has 0 aromatic heterocycles. The van der Waals surface area contributed by atoms with Gasteiger partial charge in [-0.2, -0.15) is 0 Å². The predicted molar refractivity (Wildman–Crippen MR) is 172 cm³/mol. The van der Waals surface area contributed by atoms with Crippen LogP contribution in [0.4, 0.5) is 0 Å². The van der Waals surface area contributed by atoms with E-state index in [0.29, 0.717) is 0 Å². The number of benzene rings is 8. The van der Waals surface area contributed by atoms with Gasteiger partial charge in [0.25, 0.3) is 0 Å². The number of fused-ring (bicyclic) bond motifs is 3. The Kier molecular flexibility index (Phi) is 5.08. The SMILES string of the molecule is Brc1cc2cccc3c4c(-c5ccccc5)ccc(-c5ccccc5)c4c4c(-c5ccccc5)ccc1c4c23. The van der Waals surface area contributed by atoms with E-state index in [-0.39, 0.29) is 0 Å². The molecule has 39 heavy (non-hydrogen) atoms. The number of hydrogen-bond acceptors (Lipinski definition) is 0. The molecule has 0 fully saturated rings. The Balaban J connectivity index is 1.73. The average molecular weight is 560 g/mol. The van der Waals surface area contributed by atoms with E-state index in [1.54, 1.807) is 0 Å². The van der Waals surface area contributed by atoms with E-state index in [4.69, 9.17) is 0 Å². The van der Waals surface area contributed by atoms with E-state index in [0.717, 1.165) is 4.47 Å². The molecule has 0 saturated heterocycles. The van der Waals surface area contributed by atoms with Crippen molar-refractivity contribution < 1.29 is 0 Å². The van der Waals surface area contributed by atoms with Crippen LogP contribution < -0.4 is 0 Å². The fourth-order valence-electron chi connectivity index (χ4n) is 6.43. The lowest BCUT2D eigenvalue weighted by Gasteiger charge is -2.22. The maximum atomic E-state index is 3.94. The summed E-state index contributed by atoms with van der Waals surface area (Å²) in [4.78, 5) is 0. The molecule has 0 bridgehead atoms. The number of hydrogen-bond donors (Lipinski definition) is 0. The monoisotopic (exact) mass is 558 g/mol. The second kappa shape index (κ2) is 8.80. The molecule has 0 radical (unpaired) electrons. The first-order valence-electron chi connectivity index (χ1n) is 13.3. The smallest absolute Gasteiger partial charge is 0.0260 e. The minimum atomic E-state index is 1.13. The zero-order valence-corrected chi connectivity index (χ0v) is 22.7. The Labute approximate surface area is 235 Å². The van der Waals surface area contributed by atoms with Gasteiger partial charge in [0.1, 0.15) is 0 Å². The summed E-state index contributed by atoms with van der Waals surface area (Å²) >= 11 is 3.94. The van der Waals surface area contributed by atoms with E-state index >= 15 is 0 Å². The normalized spacial score (nSPS) is 11.7. The van der Waals surface area contributed by atoms with E-state index in [1.165, 1.54) is 76.5 Å². The molecule has 182 valence electrons. The lowest BCUT2D eigenvalue weighted by Crippen LogP contribution is -1.94. The molecule has 1 heteroatoms. The molecule has 0 unspecified atom stereocenters. The predicted octanol–water partition coefficient (Wildman–Crippen LogP) is 11.5. The summed E-state index contributed by atoms with van der Waals surface area (Å²) in [6.07, 6.45) is 0. The van der Waals surface area contributed by atoms with Crippen LogP contribution in [0.5, 0.6) is 0 Å². The highest BCUT2D eigenvalue weighted by Gasteiger charge is 2.22. The summed E-state index contributed by atoms with van der Waals surface area (Å²) in [6, 6.07) is 50.8. The van der Waals surface area contributed by atoms with Crippen molar-refractivity contribution in [2.24, 2.45) is 0 Å². The highest BCUT2D eigenvalue weighted by Crippen LogP contribution is 2.51. The van der Waals surface area contributed by atoms with Crippen molar-refractivity contribution in [1.82, 2.24) is 0 Å². The Morgan fingerprint density at radius 3 is 1.38 bits per heavy atom. The molecule has 8 rings (SSSR count). The first-order valence-corrected chi connectivity index (χ1v) is 14.1. The average Bonchev–Trinajstić information content (AvgIpc) is 3.01. The topological polar surface area (TPSA) is 0 Å². The van der Waals surface area contributed by atoms with Gasteiger partial charge in [-0.15, -0.1) is 0 Å². The van der Waals surface area contributed by atoms with E-state index in [2.05, 4.69) is 155 Å². The molecule has 0 heterocycles. The molecule has 0 aliphatic rings. The van der Waals surface area contributed by atoms with Crippen molar-refractivity contribution in [2.45, 2.75) is 0 Å². The van der Waals surface area contributed by atoms with Gasteiger partial charge in [-0.1, -0.05) is 149 Å². The molecule has 0 aliphatic carbocycles. The van der Waals surface area contributed by atoms with Crippen LogP contribution in [0.2, 0.25) is 0 Å². The van der Waals surface area contributed by atoms with Crippen molar-refractivity contribution in [3.05, 3.63) is 144 Å². The maximum Gasteiger partial charge on any atom is 0.0260 e. The van der Waals surface area contributed by atoms with Gasteiger partial charge >= 0.3 is 0 Å². The second-order valence-corrected chi connectivity index (χ2v) is 11.0. The van der Waals surface area contributed by atoms with Gasteiger partial charge in [0.05, 0.1) is 0 Å². The summed E-state index contributed by atoms with van der Waals surface area (Å²) in [7, 11) is 0. The van der Waals surface area contributed by atoms with E-state index < -0.39 is 0 Å². The summed E-state index contributed by atoms with van der Waals surface area (Å²) < 4.78 is 1.13. The van der Waals surface area contributed by atoms with Crippen molar-refractivity contribution >= 4 is 59.0 Å². The van der Waals surface area contributed by atoms with Gasteiger partial charge in [0.15, 0.2) is 0 Å². The third-order valence-electron chi connectivity index (χ3n) is 8.07. The Morgan fingerprint density at radius 2 is 0.821 bits per heavy atom. The fraction of sp³-hybridized carbons (Fsp3) is 0. The summed E-state index contributed by atoms with van der Waals surface area (Å²) in [6.45, 7) is 0. The zero-order chi connectivity index (χ0) is 25.9. The van der Waals surface area contributed by atoms with Crippen LogP contribution in [0, 0.1) is 0 Å². The highest BCUT2D eigenvalue weighted by atomic mass is 79.9. The highest BCUT2D eigenvalue weighted by molar-refractivity contribution is 9.10. The third-order valence-corrected chi connectivity index (χ3v) is 8.73. The Hall–Kier alpha value is -4.46. The second-order valence-electron chi connectivity index (χ2n) is 10.2. The van der Waals surface area contributed by atoms with Crippen molar-refractivity contribution in [3.63, 3.8) is 0 Å². The third kappa shape index (κ3) is 3.37. The molecule has 0 N–H and O–H groups in total. The minimum absolute atomic E-state index is 1.13. The van der Waals surface area contributed by atoms with E-state index in [1.807, 2.05) is 0 Å². The molecule has 0 amide bonds. The number of halogens is 1. The maximum absolute atomic E-state index is 3.94. The Morgan fingerprint density at radius 1 is 0.333 bits per heavy atom. The van der Waals surface area contributed by atoms with Crippen molar-refractivity contribution in [2.75, 3.05) is 0 Å².